The molecule has 0 aliphatic carbocycles. The van der Waals surface area contributed by atoms with E-state index in [-0.39, 0.29) is 5.92 Å². The van der Waals surface area contributed by atoms with Crippen molar-refractivity contribution in [1.29, 1.82) is 0 Å². The van der Waals surface area contributed by atoms with Gasteiger partial charge in [0.15, 0.2) is 0 Å². The first-order valence-corrected chi connectivity index (χ1v) is 14.8. The van der Waals surface area contributed by atoms with Gasteiger partial charge in [-0.25, -0.2) is 5.43 Å². The summed E-state index contributed by atoms with van der Waals surface area (Å²) < 4.78 is 0. The van der Waals surface area contributed by atoms with Crippen LogP contribution in [0.2, 0.25) is 0 Å². The molecule has 0 bridgehead atoms. The number of hydrogen-bond acceptors (Lipinski definition) is 7. The Morgan fingerprint density at radius 2 is 1.79 bits per heavy atom. The van der Waals surface area contributed by atoms with Gasteiger partial charge in [-0.15, -0.1) is 0 Å². The highest BCUT2D eigenvalue weighted by atomic mass is 16.4. The number of fused-ring (bicyclic) bond motifs is 1. The molecule has 2 unspecified atom stereocenters. The smallest absolute Gasteiger partial charge is 0.322 e. The summed E-state index contributed by atoms with van der Waals surface area (Å²) in [5, 5.41) is 28.1. The molecule has 43 heavy (non-hydrogen) atoms. The van der Waals surface area contributed by atoms with Crippen LogP contribution in [0, 0.1) is 11.3 Å². The average Bonchev–Trinajstić information content (AvgIpc) is 2.96. The normalized spacial score (nSPS) is 18.7. The molecule has 5 N–H and O–H groups in total. The van der Waals surface area contributed by atoms with Crippen LogP contribution in [-0.2, 0) is 25.6 Å². The molecule has 234 valence electrons. The number of rotatable bonds is 11. The molecule has 11 heteroatoms. The lowest BCUT2D eigenvalue weighted by atomic mass is 9.73. The average molecular weight is 596 g/mol. The summed E-state index contributed by atoms with van der Waals surface area (Å²) >= 11 is 0. The molecule has 0 saturated carbocycles. The summed E-state index contributed by atoms with van der Waals surface area (Å²) in [4.78, 5) is 56.1. The topological polar surface area (TPSA) is 161 Å². The van der Waals surface area contributed by atoms with Gasteiger partial charge < -0.3 is 20.8 Å². The molecule has 2 aromatic rings. The van der Waals surface area contributed by atoms with Gasteiger partial charge in [0.2, 0.25) is 11.8 Å². The third-order valence-corrected chi connectivity index (χ3v) is 8.20. The van der Waals surface area contributed by atoms with E-state index >= 15 is 0 Å². The second-order valence-electron chi connectivity index (χ2n) is 12.3. The lowest BCUT2D eigenvalue weighted by Crippen LogP contribution is -2.61. The number of carboxylic acid groups (broad SMARTS) is 1. The fraction of sp³-hybridized carbons (Fsp3) is 0.531. The van der Waals surface area contributed by atoms with E-state index in [2.05, 4.69) is 21.0 Å². The summed E-state index contributed by atoms with van der Waals surface area (Å²) in [7, 11) is 0. The molecular formula is C32H45N5O6. The molecule has 1 fully saturated rings. The number of carbonyl (C=O) groups is 4. The van der Waals surface area contributed by atoms with Crippen molar-refractivity contribution in [2.24, 2.45) is 11.3 Å². The number of aryl methyl sites for hydroxylation is 1. The number of hydrogen-bond donors (Lipinski definition) is 5. The fourth-order valence-electron chi connectivity index (χ4n) is 4.85. The standard InChI is InChI=1S/C32H45N5O6/c1-8-23-14-13-22-12-11-21(18-25(22)34-23)15-16-32(7,31(5,6)43)30(42)35-26(19(2)3)27(38)33-20(4)28(39)37-17-9-10-24(36-37)29(40)41/h11-16,18-20,24,26,36,43H,8-10,17H2,1-7H3,(H,33,38)(H,35,42)(H,40,41)/b16-15+/t20-,24-,26?,32?/m0/s1. The molecule has 1 saturated heterocycles. The first-order valence-electron chi connectivity index (χ1n) is 14.8. The fourth-order valence-corrected chi connectivity index (χ4v) is 4.85. The summed E-state index contributed by atoms with van der Waals surface area (Å²) in [5.74, 6) is -2.99. The van der Waals surface area contributed by atoms with E-state index in [9.17, 15) is 29.4 Å². The minimum atomic E-state index is -1.50. The second-order valence-corrected chi connectivity index (χ2v) is 12.3. The zero-order valence-corrected chi connectivity index (χ0v) is 26.1. The number of benzene rings is 1. The quantitative estimate of drug-likeness (QED) is 0.265. The number of aliphatic carboxylic acids is 1. The number of carboxylic acids is 1. The van der Waals surface area contributed by atoms with Crippen LogP contribution in [0.5, 0.6) is 0 Å². The van der Waals surface area contributed by atoms with Crippen molar-refractivity contribution in [2.45, 2.75) is 91.5 Å². The van der Waals surface area contributed by atoms with E-state index in [1.54, 1.807) is 32.9 Å². The molecule has 1 aromatic heterocycles. The molecule has 0 spiro atoms. The molecule has 3 rings (SSSR count). The van der Waals surface area contributed by atoms with Gasteiger partial charge >= 0.3 is 5.97 Å². The van der Waals surface area contributed by atoms with Gasteiger partial charge in [-0.3, -0.25) is 29.2 Å². The van der Waals surface area contributed by atoms with Gasteiger partial charge in [-0.1, -0.05) is 51.1 Å². The molecule has 11 nitrogen and oxygen atoms in total. The van der Waals surface area contributed by atoms with Crippen LogP contribution in [0.15, 0.2) is 36.4 Å². The predicted molar refractivity (Wildman–Crippen MR) is 164 cm³/mol. The second kappa shape index (κ2) is 13.6. The molecule has 1 aliphatic rings. The highest BCUT2D eigenvalue weighted by Crippen LogP contribution is 2.34. The number of amides is 3. The van der Waals surface area contributed by atoms with E-state index in [4.69, 9.17) is 0 Å². The molecule has 1 aromatic carbocycles. The van der Waals surface area contributed by atoms with Crippen molar-refractivity contribution >= 4 is 40.7 Å². The number of carbonyl (C=O) groups excluding carboxylic acids is 3. The highest BCUT2D eigenvalue weighted by Gasteiger charge is 2.45. The van der Waals surface area contributed by atoms with Crippen LogP contribution in [0.4, 0.5) is 0 Å². The molecule has 3 amide bonds. The van der Waals surface area contributed by atoms with Crippen molar-refractivity contribution in [3.05, 3.63) is 47.7 Å². The number of nitrogens with zero attached hydrogens (tertiary/aromatic N) is 2. The monoisotopic (exact) mass is 595 g/mol. The summed E-state index contributed by atoms with van der Waals surface area (Å²) in [6.45, 7) is 12.1. The Hall–Kier alpha value is -3.83. The van der Waals surface area contributed by atoms with Crippen molar-refractivity contribution < 1.29 is 29.4 Å². The largest absolute Gasteiger partial charge is 0.480 e. The summed E-state index contributed by atoms with van der Waals surface area (Å²) in [6, 6.07) is 6.94. The number of hydrazine groups is 1. The van der Waals surface area contributed by atoms with E-state index in [0.29, 0.717) is 19.4 Å². The van der Waals surface area contributed by atoms with Crippen LogP contribution in [0.3, 0.4) is 0 Å². The Labute approximate surface area is 253 Å². The molecular weight excluding hydrogens is 550 g/mol. The van der Waals surface area contributed by atoms with Crippen LogP contribution in [-0.4, -0.2) is 74.2 Å². The van der Waals surface area contributed by atoms with E-state index in [1.165, 1.54) is 25.8 Å². The first-order chi connectivity index (χ1) is 20.1. The Morgan fingerprint density at radius 1 is 1.12 bits per heavy atom. The maximum Gasteiger partial charge on any atom is 0.322 e. The van der Waals surface area contributed by atoms with Crippen molar-refractivity contribution in [1.82, 2.24) is 26.1 Å². The van der Waals surface area contributed by atoms with Gasteiger partial charge in [-0.05, 0) is 70.6 Å². The Bertz CT molecular complexity index is 1380. The summed E-state index contributed by atoms with van der Waals surface area (Å²) in [6.07, 6.45) is 5.12. The zero-order chi connectivity index (χ0) is 32.1. The number of pyridine rings is 1. The van der Waals surface area contributed by atoms with Crippen molar-refractivity contribution in [3.8, 4) is 0 Å². The van der Waals surface area contributed by atoms with Gasteiger partial charge in [0, 0.05) is 17.6 Å². The molecule has 4 atom stereocenters. The lowest BCUT2D eigenvalue weighted by Gasteiger charge is -2.38. The highest BCUT2D eigenvalue weighted by molar-refractivity contribution is 5.94. The third kappa shape index (κ3) is 7.97. The van der Waals surface area contributed by atoms with Crippen LogP contribution in [0.25, 0.3) is 17.0 Å². The molecule has 0 radical (unpaired) electrons. The lowest BCUT2D eigenvalue weighted by molar-refractivity contribution is -0.148. The van der Waals surface area contributed by atoms with E-state index in [0.717, 1.165) is 28.6 Å². The minimum absolute atomic E-state index is 0.316. The number of aromatic nitrogens is 1. The van der Waals surface area contributed by atoms with Gasteiger partial charge in [0.1, 0.15) is 18.1 Å². The first kappa shape index (κ1) is 33.7. The van der Waals surface area contributed by atoms with Gasteiger partial charge in [0.05, 0.1) is 16.5 Å². The van der Waals surface area contributed by atoms with Crippen molar-refractivity contribution in [3.63, 3.8) is 0 Å². The van der Waals surface area contributed by atoms with Crippen molar-refractivity contribution in [2.75, 3.05) is 6.54 Å². The SMILES string of the molecule is CCc1ccc2ccc(/C=C/C(C)(C(=O)NC(C(=O)N[C@@H](C)C(=O)N3CCC[C@@H](C(=O)O)N3)C(C)C)C(C)(C)O)cc2n1. The predicted octanol–water partition coefficient (Wildman–Crippen LogP) is 2.81. The van der Waals surface area contributed by atoms with Gasteiger partial charge in [-0.2, -0.15) is 0 Å². The molecule has 2 heterocycles. The maximum absolute atomic E-state index is 13.8. The number of aliphatic hydroxyl groups is 1. The van der Waals surface area contributed by atoms with Crippen LogP contribution in [0.1, 0.15) is 72.6 Å². The third-order valence-electron chi connectivity index (χ3n) is 8.20. The Morgan fingerprint density at radius 3 is 2.40 bits per heavy atom. The van der Waals surface area contributed by atoms with E-state index < -0.39 is 52.8 Å². The zero-order valence-electron chi connectivity index (χ0n) is 26.1. The summed E-state index contributed by atoms with van der Waals surface area (Å²) in [5.41, 5.74) is 2.37. The molecule has 1 aliphatic heterocycles. The minimum Gasteiger partial charge on any atom is -0.480 e. The maximum atomic E-state index is 13.8. The van der Waals surface area contributed by atoms with Crippen LogP contribution < -0.4 is 16.1 Å². The van der Waals surface area contributed by atoms with Crippen LogP contribution >= 0.6 is 0 Å². The number of nitrogens with one attached hydrogen (secondary N) is 3. The Kier molecular flexibility index (Phi) is 10.7. The van der Waals surface area contributed by atoms with E-state index in [1.807, 2.05) is 37.3 Å². The Balaban J connectivity index is 1.77. The van der Waals surface area contributed by atoms with Gasteiger partial charge in [0.25, 0.3) is 5.91 Å².